The first-order valence-corrected chi connectivity index (χ1v) is 11.8. The van der Waals surface area contributed by atoms with Gasteiger partial charge in [0.05, 0.1) is 29.9 Å². The van der Waals surface area contributed by atoms with Crippen LogP contribution in [-0.2, 0) is 26.8 Å². The van der Waals surface area contributed by atoms with E-state index in [-0.39, 0.29) is 23.4 Å². The average molecular weight is 455 g/mol. The maximum atomic E-state index is 13.5. The van der Waals surface area contributed by atoms with Gasteiger partial charge in [0, 0.05) is 0 Å². The highest BCUT2D eigenvalue weighted by molar-refractivity contribution is 7.92. The maximum Gasteiger partial charge on any atom is 0.264 e. The summed E-state index contributed by atoms with van der Waals surface area (Å²) in [6, 6.07) is 17.1. The lowest BCUT2D eigenvalue weighted by Crippen LogP contribution is -2.50. The molecular weight excluding hydrogens is 428 g/mol. The highest BCUT2D eigenvalue weighted by Gasteiger charge is 2.38. The molecule has 1 unspecified atom stereocenters. The van der Waals surface area contributed by atoms with Crippen molar-refractivity contribution < 1.29 is 22.4 Å². The van der Waals surface area contributed by atoms with Gasteiger partial charge in [-0.2, -0.15) is 0 Å². The van der Waals surface area contributed by atoms with Crippen LogP contribution in [0.3, 0.4) is 0 Å². The van der Waals surface area contributed by atoms with Crippen LogP contribution in [0.4, 0.5) is 5.69 Å². The van der Waals surface area contributed by atoms with E-state index in [9.17, 15) is 13.2 Å². The zero-order valence-electron chi connectivity index (χ0n) is 18.2. The van der Waals surface area contributed by atoms with Crippen molar-refractivity contribution in [2.24, 2.45) is 0 Å². The van der Waals surface area contributed by atoms with E-state index >= 15 is 0 Å². The zero-order chi connectivity index (χ0) is 22.9. The second-order valence-corrected chi connectivity index (χ2v) is 10.5. The molecule has 0 spiro atoms. The lowest BCUT2D eigenvalue weighted by molar-refractivity contribution is -0.128. The number of nitrogens with one attached hydrogen (secondary N) is 1. The van der Waals surface area contributed by atoms with E-state index in [1.807, 2.05) is 12.1 Å². The van der Waals surface area contributed by atoms with Gasteiger partial charge >= 0.3 is 0 Å². The van der Waals surface area contributed by atoms with Crippen molar-refractivity contribution >= 4 is 21.6 Å². The minimum absolute atomic E-state index is 0.137. The first kappa shape index (κ1) is 22.0. The van der Waals surface area contributed by atoms with Gasteiger partial charge in [0.1, 0.15) is 11.5 Å². The van der Waals surface area contributed by atoms with Crippen molar-refractivity contribution in [1.29, 1.82) is 0 Å². The van der Waals surface area contributed by atoms with Crippen LogP contribution in [0.5, 0.6) is 5.75 Å². The van der Waals surface area contributed by atoms with Crippen LogP contribution in [0.2, 0.25) is 0 Å². The molecule has 0 aliphatic carbocycles. The quantitative estimate of drug-likeness (QED) is 0.633. The largest absolute Gasteiger partial charge is 0.476 e. The molecule has 3 aromatic rings. The third kappa shape index (κ3) is 4.36. The maximum absolute atomic E-state index is 13.5. The second-order valence-electron chi connectivity index (χ2n) is 8.69. The Bertz CT molecular complexity index is 1200. The number of benzene rings is 2. The highest BCUT2D eigenvalue weighted by Crippen LogP contribution is 2.40. The van der Waals surface area contributed by atoms with Crippen molar-refractivity contribution in [3.8, 4) is 5.75 Å². The number of furan rings is 1. The Kier molecular flexibility index (Phi) is 5.73. The van der Waals surface area contributed by atoms with Crippen LogP contribution in [0, 0.1) is 0 Å². The van der Waals surface area contributed by atoms with Gasteiger partial charge in [0.2, 0.25) is 0 Å². The molecule has 0 saturated carbocycles. The van der Waals surface area contributed by atoms with E-state index < -0.39 is 22.0 Å². The SMILES string of the molecule is CC(C)(C)c1ccc2c(c1)N(S(=O)(=O)c1ccccc1)CC(C(=O)NCc1ccco1)O2. The predicted octanol–water partition coefficient (Wildman–Crippen LogP) is 3.85. The predicted molar refractivity (Wildman–Crippen MR) is 121 cm³/mol. The molecule has 0 saturated heterocycles. The first-order chi connectivity index (χ1) is 15.2. The molecule has 1 aliphatic heterocycles. The molecule has 1 aliphatic rings. The van der Waals surface area contributed by atoms with Crippen molar-refractivity contribution in [3.05, 3.63) is 78.3 Å². The number of hydrogen-bond donors (Lipinski definition) is 1. The summed E-state index contributed by atoms with van der Waals surface area (Å²) < 4.78 is 39.6. The fourth-order valence-electron chi connectivity index (χ4n) is 3.50. The number of amides is 1. The Hall–Kier alpha value is -3.26. The molecule has 1 atom stereocenters. The molecule has 32 heavy (non-hydrogen) atoms. The molecule has 168 valence electrons. The number of hydrogen-bond acceptors (Lipinski definition) is 5. The van der Waals surface area contributed by atoms with Gasteiger partial charge in [-0.15, -0.1) is 0 Å². The number of rotatable bonds is 5. The highest BCUT2D eigenvalue weighted by atomic mass is 32.2. The molecule has 2 aromatic carbocycles. The molecule has 1 aromatic heterocycles. The Morgan fingerprint density at radius 2 is 1.84 bits per heavy atom. The fourth-order valence-corrected chi connectivity index (χ4v) is 4.99. The van der Waals surface area contributed by atoms with Crippen molar-refractivity contribution in [1.82, 2.24) is 5.32 Å². The molecular formula is C24H26N2O5S. The normalized spacial score (nSPS) is 16.2. The summed E-state index contributed by atoms with van der Waals surface area (Å²) in [4.78, 5) is 13.0. The van der Waals surface area contributed by atoms with Crippen LogP contribution < -0.4 is 14.4 Å². The molecule has 0 bridgehead atoms. The van der Waals surface area contributed by atoms with Gasteiger partial charge in [-0.1, -0.05) is 45.0 Å². The number of carbonyl (C=O) groups is 1. The van der Waals surface area contributed by atoms with Gasteiger partial charge in [0.25, 0.3) is 15.9 Å². The van der Waals surface area contributed by atoms with Crippen LogP contribution in [-0.4, -0.2) is 27.0 Å². The van der Waals surface area contributed by atoms with E-state index in [1.165, 1.54) is 10.6 Å². The van der Waals surface area contributed by atoms with Gasteiger partial charge in [-0.3, -0.25) is 9.10 Å². The van der Waals surface area contributed by atoms with Crippen LogP contribution in [0.15, 0.2) is 76.2 Å². The molecule has 0 fully saturated rings. The molecule has 8 heteroatoms. The van der Waals surface area contributed by atoms with Gasteiger partial charge < -0.3 is 14.5 Å². The van der Waals surface area contributed by atoms with E-state index in [1.54, 1.807) is 48.5 Å². The number of anilines is 1. The van der Waals surface area contributed by atoms with Crippen molar-refractivity contribution in [2.45, 2.75) is 43.7 Å². The minimum atomic E-state index is -3.91. The average Bonchev–Trinajstić information content (AvgIpc) is 3.30. The van der Waals surface area contributed by atoms with Crippen LogP contribution in [0.25, 0.3) is 0 Å². The smallest absolute Gasteiger partial charge is 0.264 e. The van der Waals surface area contributed by atoms with Gasteiger partial charge in [0.15, 0.2) is 6.10 Å². The molecule has 4 rings (SSSR count). The summed E-state index contributed by atoms with van der Waals surface area (Å²) in [6.45, 7) is 6.22. The number of ether oxygens (including phenoxy) is 1. The number of nitrogens with zero attached hydrogens (tertiary/aromatic N) is 1. The Morgan fingerprint density at radius 1 is 1.09 bits per heavy atom. The summed E-state index contributed by atoms with van der Waals surface area (Å²) in [6.07, 6.45) is 0.520. The third-order valence-electron chi connectivity index (χ3n) is 5.34. The van der Waals surface area contributed by atoms with Crippen LogP contribution in [0.1, 0.15) is 32.1 Å². The van der Waals surface area contributed by atoms with Crippen molar-refractivity contribution in [2.75, 3.05) is 10.8 Å². The molecule has 1 amide bonds. The second kappa shape index (κ2) is 8.35. The van der Waals surface area contributed by atoms with E-state index in [4.69, 9.17) is 9.15 Å². The number of carbonyl (C=O) groups excluding carboxylic acids is 1. The Balaban J connectivity index is 1.70. The summed E-state index contributed by atoms with van der Waals surface area (Å²) in [7, 11) is -3.91. The summed E-state index contributed by atoms with van der Waals surface area (Å²) in [5.74, 6) is 0.528. The van der Waals surface area contributed by atoms with Gasteiger partial charge in [-0.05, 0) is 47.4 Å². The summed E-state index contributed by atoms with van der Waals surface area (Å²) >= 11 is 0. The third-order valence-corrected chi connectivity index (χ3v) is 7.13. The first-order valence-electron chi connectivity index (χ1n) is 10.4. The van der Waals surface area contributed by atoms with E-state index in [0.29, 0.717) is 17.2 Å². The molecule has 1 N–H and O–H groups in total. The molecule has 2 heterocycles. The monoisotopic (exact) mass is 454 g/mol. The van der Waals surface area contributed by atoms with E-state index in [2.05, 4.69) is 26.1 Å². The summed E-state index contributed by atoms with van der Waals surface area (Å²) in [5, 5.41) is 2.75. The topological polar surface area (TPSA) is 88.9 Å². The number of fused-ring (bicyclic) bond motifs is 1. The van der Waals surface area contributed by atoms with Crippen LogP contribution >= 0.6 is 0 Å². The fraction of sp³-hybridized carbons (Fsp3) is 0.292. The minimum Gasteiger partial charge on any atom is -0.476 e. The Morgan fingerprint density at radius 3 is 2.50 bits per heavy atom. The zero-order valence-corrected chi connectivity index (χ0v) is 19.1. The lowest BCUT2D eigenvalue weighted by Gasteiger charge is -2.36. The van der Waals surface area contributed by atoms with Gasteiger partial charge in [-0.25, -0.2) is 8.42 Å². The number of sulfonamides is 1. The van der Waals surface area contributed by atoms with E-state index in [0.717, 1.165) is 5.56 Å². The summed E-state index contributed by atoms with van der Waals surface area (Å²) in [5.41, 5.74) is 1.21. The lowest BCUT2D eigenvalue weighted by atomic mass is 9.86. The molecule has 7 nitrogen and oxygen atoms in total. The Labute approximate surface area is 188 Å². The molecule has 0 radical (unpaired) electrons. The standard InChI is InChI=1S/C24H26N2O5S/c1-24(2,3)17-11-12-21-20(14-17)26(32(28,29)19-9-5-4-6-10-19)16-22(31-21)23(27)25-15-18-8-7-13-30-18/h4-14,22H,15-16H2,1-3H3,(H,25,27). The van der Waals surface area contributed by atoms with Crippen molar-refractivity contribution in [3.63, 3.8) is 0 Å².